The maximum absolute atomic E-state index is 5.00. The second-order valence-electron chi connectivity index (χ2n) is 6.20. The molecule has 0 bridgehead atoms. The monoisotopic (exact) mass is 293 g/mol. The molecule has 1 aliphatic heterocycles. The topological polar surface area (TPSA) is 28.2 Å². The highest BCUT2D eigenvalue weighted by Gasteiger charge is 2.31. The summed E-state index contributed by atoms with van der Waals surface area (Å²) in [6.07, 6.45) is 6.72. The number of piperidine rings is 1. The number of hydrogen-bond donors (Lipinski definition) is 1. The maximum Gasteiger partial charge on any atom is 0.185 e. The molecular formula is C16H27N3S. The molecule has 1 aromatic rings. The van der Waals surface area contributed by atoms with Gasteiger partial charge in [0.25, 0.3) is 0 Å². The number of nitrogens with zero attached hydrogens (tertiary/aromatic N) is 2. The predicted molar refractivity (Wildman–Crippen MR) is 86.7 cm³/mol. The van der Waals surface area contributed by atoms with Crippen molar-refractivity contribution in [2.45, 2.75) is 58.4 Å². The van der Waals surface area contributed by atoms with Crippen LogP contribution in [0.2, 0.25) is 0 Å². The fourth-order valence-electron chi connectivity index (χ4n) is 3.06. The first-order valence-corrected chi connectivity index (χ1v) is 9.08. The molecular weight excluding hydrogens is 266 g/mol. The normalized spacial score (nSPS) is 20.6. The lowest BCUT2D eigenvalue weighted by Crippen LogP contribution is -2.33. The molecule has 1 aromatic heterocycles. The minimum absolute atomic E-state index is 0.766. The minimum Gasteiger partial charge on any atom is -0.348 e. The quantitative estimate of drug-likeness (QED) is 0.865. The SMILES string of the molecule is CCNCc1sc(N2CCC(CC)CC2)nc1C1CC1. The van der Waals surface area contributed by atoms with Gasteiger partial charge in [-0.2, -0.15) is 0 Å². The summed E-state index contributed by atoms with van der Waals surface area (Å²) in [6, 6.07) is 0. The van der Waals surface area contributed by atoms with E-state index in [2.05, 4.69) is 24.1 Å². The average Bonchev–Trinajstić information content (AvgIpc) is 3.25. The van der Waals surface area contributed by atoms with Gasteiger partial charge in [0.2, 0.25) is 0 Å². The van der Waals surface area contributed by atoms with Crippen LogP contribution in [0.15, 0.2) is 0 Å². The lowest BCUT2D eigenvalue weighted by Gasteiger charge is -2.31. The number of anilines is 1. The van der Waals surface area contributed by atoms with E-state index < -0.39 is 0 Å². The molecule has 1 aliphatic carbocycles. The number of hydrogen-bond acceptors (Lipinski definition) is 4. The Morgan fingerprint density at radius 3 is 2.55 bits per heavy atom. The number of rotatable bonds is 6. The van der Waals surface area contributed by atoms with Gasteiger partial charge in [-0.25, -0.2) is 4.98 Å². The Hall–Kier alpha value is -0.610. The first kappa shape index (κ1) is 14.3. The van der Waals surface area contributed by atoms with Crippen molar-refractivity contribution in [3.63, 3.8) is 0 Å². The maximum atomic E-state index is 5.00. The Balaban J connectivity index is 1.70. The van der Waals surface area contributed by atoms with Crippen molar-refractivity contribution in [3.8, 4) is 0 Å². The van der Waals surface area contributed by atoms with Crippen LogP contribution in [0.5, 0.6) is 0 Å². The molecule has 1 N–H and O–H groups in total. The first-order chi connectivity index (χ1) is 9.81. The smallest absolute Gasteiger partial charge is 0.185 e. The van der Waals surface area contributed by atoms with Crippen LogP contribution < -0.4 is 10.2 Å². The van der Waals surface area contributed by atoms with E-state index in [0.29, 0.717) is 0 Å². The summed E-state index contributed by atoms with van der Waals surface area (Å²) < 4.78 is 0. The summed E-state index contributed by atoms with van der Waals surface area (Å²) in [5, 5.41) is 4.76. The highest BCUT2D eigenvalue weighted by atomic mass is 32.1. The van der Waals surface area contributed by atoms with Crippen molar-refractivity contribution in [2.75, 3.05) is 24.5 Å². The lowest BCUT2D eigenvalue weighted by atomic mass is 9.95. The van der Waals surface area contributed by atoms with Crippen LogP contribution in [-0.2, 0) is 6.54 Å². The summed E-state index contributed by atoms with van der Waals surface area (Å²) in [7, 11) is 0. The summed E-state index contributed by atoms with van der Waals surface area (Å²) in [6.45, 7) is 8.95. The van der Waals surface area contributed by atoms with Crippen molar-refractivity contribution in [1.82, 2.24) is 10.3 Å². The van der Waals surface area contributed by atoms with Gasteiger partial charge in [0, 0.05) is 30.4 Å². The van der Waals surface area contributed by atoms with Gasteiger partial charge < -0.3 is 10.2 Å². The highest BCUT2D eigenvalue weighted by molar-refractivity contribution is 7.15. The Kier molecular flexibility index (Phi) is 4.61. The zero-order valence-corrected chi connectivity index (χ0v) is 13.6. The van der Waals surface area contributed by atoms with Gasteiger partial charge in [-0.05, 0) is 38.1 Å². The van der Waals surface area contributed by atoms with Gasteiger partial charge in [-0.15, -0.1) is 11.3 Å². The van der Waals surface area contributed by atoms with E-state index in [9.17, 15) is 0 Å². The van der Waals surface area contributed by atoms with E-state index in [4.69, 9.17) is 4.98 Å². The standard InChI is InChI=1S/C16H27N3S/c1-3-12-7-9-19(10-8-12)16-18-15(13-5-6-13)14(20-16)11-17-4-2/h12-13,17H,3-11H2,1-2H3. The van der Waals surface area contributed by atoms with Crippen LogP contribution in [-0.4, -0.2) is 24.6 Å². The van der Waals surface area contributed by atoms with E-state index in [1.165, 1.54) is 60.9 Å². The fraction of sp³-hybridized carbons (Fsp3) is 0.812. The van der Waals surface area contributed by atoms with E-state index in [1.54, 1.807) is 0 Å². The van der Waals surface area contributed by atoms with Gasteiger partial charge in [-0.3, -0.25) is 0 Å². The van der Waals surface area contributed by atoms with Gasteiger partial charge in [0.1, 0.15) is 0 Å². The third-order valence-electron chi connectivity index (χ3n) is 4.68. The zero-order chi connectivity index (χ0) is 13.9. The molecule has 112 valence electrons. The molecule has 0 atom stereocenters. The average molecular weight is 293 g/mol. The van der Waals surface area contributed by atoms with Crippen molar-refractivity contribution in [3.05, 3.63) is 10.6 Å². The second-order valence-corrected chi connectivity index (χ2v) is 7.26. The number of thiazole rings is 1. The largest absolute Gasteiger partial charge is 0.348 e. The molecule has 1 saturated heterocycles. The van der Waals surface area contributed by atoms with Crippen molar-refractivity contribution in [1.29, 1.82) is 0 Å². The molecule has 1 saturated carbocycles. The van der Waals surface area contributed by atoms with Gasteiger partial charge in [-0.1, -0.05) is 20.3 Å². The molecule has 4 heteroatoms. The van der Waals surface area contributed by atoms with Gasteiger partial charge in [0.15, 0.2) is 5.13 Å². The van der Waals surface area contributed by atoms with Crippen molar-refractivity contribution in [2.24, 2.45) is 5.92 Å². The van der Waals surface area contributed by atoms with Crippen LogP contribution in [0.4, 0.5) is 5.13 Å². The summed E-state index contributed by atoms with van der Waals surface area (Å²) in [5.41, 5.74) is 1.41. The molecule has 20 heavy (non-hydrogen) atoms. The van der Waals surface area contributed by atoms with Crippen LogP contribution in [0.25, 0.3) is 0 Å². The summed E-state index contributed by atoms with van der Waals surface area (Å²) in [4.78, 5) is 9.02. The zero-order valence-electron chi connectivity index (χ0n) is 12.8. The van der Waals surface area contributed by atoms with Gasteiger partial charge in [0.05, 0.1) is 5.69 Å². The Morgan fingerprint density at radius 2 is 1.95 bits per heavy atom. The first-order valence-electron chi connectivity index (χ1n) is 8.27. The molecule has 0 amide bonds. The summed E-state index contributed by atoms with van der Waals surface area (Å²) >= 11 is 1.94. The Labute approximate surface area is 126 Å². The molecule has 3 rings (SSSR count). The van der Waals surface area contributed by atoms with Crippen LogP contribution >= 0.6 is 11.3 Å². The molecule has 2 aliphatic rings. The lowest BCUT2D eigenvalue weighted by molar-refractivity contribution is 0.395. The molecule has 0 radical (unpaired) electrons. The van der Waals surface area contributed by atoms with Crippen LogP contribution in [0.1, 0.15) is 62.4 Å². The predicted octanol–water partition coefficient (Wildman–Crippen LogP) is 3.76. The third kappa shape index (κ3) is 3.17. The highest BCUT2D eigenvalue weighted by Crippen LogP contribution is 2.44. The molecule has 0 spiro atoms. The fourth-order valence-corrected chi connectivity index (χ4v) is 4.23. The number of nitrogens with one attached hydrogen (secondary N) is 1. The minimum atomic E-state index is 0.766. The molecule has 2 fully saturated rings. The van der Waals surface area contributed by atoms with E-state index >= 15 is 0 Å². The van der Waals surface area contributed by atoms with Crippen molar-refractivity contribution < 1.29 is 0 Å². The third-order valence-corrected chi connectivity index (χ3v) is 5.81. The molecule has 3 nitrogen and oxygen atoms in total. The second kappa shape index (κ2) is 6.44. The Morgan fingerprint density at radius 1 is 1.20 bits per heavy atom. The van der Waals surface area contributed by atoms with Crippen LogP contribution in [0.3, 0.4) is 0 Å². The molecule has 0 unspecified atom stereocenters. The van der Waals surface area contributed by atoms with Gasteiger partial charge >= 0.3 is 0 Å². The van der Waals surface area contributed by atoms with E-state index in [0.717, 1.165) is 24.9 Å². The van der Waals surface area contributed by atoms with Crippen LogP contribution in [0, 0.1) is 5.92 Å². The molecule has 0 aromatic carbocycles. The van der Waals surface area contributed by atoms with Crippen molar-refractivity contribution >= 4 is 16.5 Å². The summed E-state index contributed by atoms with van der Waals surface area (Å²) in [5.74, 6) is 1.71. The van der Waals surface area contributed by atoms with E-state index in [1.807, 2.05) is 11.3 Å². The Bertz CT molecular complexity index is 431. The van der Waals surface area contributed by atoms with E-state index in [-0.39, 0.29) is 0 Å². The number of aromatic nitrogens is 1. The molecule has 2 heterocycles.